The van der Waals surface area contributed by atoms with Gasteiger partial charge in [-0.25, -0.2) is 9.37 Å². The number of nitrogens with zero attached hydrogens (tertiary/aromatic N) is 2. The average Bonchev–Trinajstić information content (AvgIpc) is 3.20. The topological polar surface area (TPSA) is 81.9 Å². The zero-order chi connectivity index (χ0) is 26.8. The highest BCUT2D eigenvalue weighted by molar-refractivity contribution is 6.10. The van der Waals surface area contributed by atoms with Crippen molar-refractivity contribution < 1.29 is 23.1 Å². The molecule has 7 nitrogen and oxygen atoms in total. The first-order valence-electron chi connectivity index (χ1n) is 12.8. The number of carbonyl (C=O) groups excluding carboxylic acids is 1. The summed E-state index contributed by atoms with van der Waals surface area (Å²) in [6, 6.07) is 11.8. The Labute approximate surface area is 219 Å². The fraction of sp³-hybridized carbons (Fsp3) is 0.300. The van der Waals surface area contributed by atoms with Crippen molar-refractivity contribution in [2.75, 3.05) is 18.1 Å². The molecule has 3 heterocycles. The first-order chi connectivity index (χ1) is 18.4. The minimum absolute atomic E-state index is 0.0705. The lowest BCUT2D eigenvalue weighted by atomic mass is 9.98. The van der Waals surface area contributed by atoms with Gasteiger partial charge in [-0.2, -0.15) is 0 Å². The number of ether oxygens (including phenoxy) is 2. The van der Waals surface area contributed by atoms with Crippen LogP contribution in [0.2, 0.25) is 0 Å². The highest BCUT2D eigenvalue weighted by Crippen LogP contribution is 2.43. The van der Waals surface area contributed by atoms with Gasteiger partial charge in [0.25, 0.3) is 5.91 Å². The van der Waals surface area contributed by atoms with Gasteiger partial charge in [-0.05, 0) is 67.8 Å². The molecule has 0 fully saturated rings. The van der Waals surface area contributed by atoms with E-state index in [9.17, 15) is 14.0 Å². The monoisotopic (exact) mass is 516 g/mol. The molecular formula is C30H29FN2O5. The number of aromatic nitrogens is 1. The molecule has 0 radical (unpaired) electrons. The first-order valence-corrected chi connectivity index (χ1v) is 12.8. The zero-order valence-electron chi connectivity index (χ0n) is 21.6. The van der Waals surface area contributed by atoms with Crippen LogP contribution in [0.3, 0.4) is 0 Å². The lowest BCUT2D eigenvalue weighted by Gasteiger charge is -2.25. The van der Waals surface area contributed by atoms with Crippen molar-refractivity contribution in [1.29, 1.82) is 0 Å². The predicted octanol–water partition coefficient (Wildman–Crippen LogP) is 6.35. The minimum Gasteiger partial charge on any atom is -0.490 e. The van der Waals surface area contributed by atoms with Crippen molar-refractivity contribution in [3.05, 3.63) is 93.2 Å². The second-order valence-corrected chi connectivity index (χ2v) is 9.28. The average molecular weight is 517 g/mol. The number of benzene rings is 2. The molecule has 1 aliphatic heterocycles. The third-order valence-corrected chi connectivity index (χ3v) is 6.56. The van der Waals surface area contributed by atoms with Gasteiger partial charge >= 0.3 is 0 Å². The molecule has 0 N–H and O–H groups in total. The summed E-state index contributed by atoms with van der Waals surface area (Å²) in [6.07, 6.45) is 4.72. The Balaban J connectivity index is 1.68. The van der Waals surface area contributed by atoms with Crippen molar-refractivity contribution in [3.8, 4) is 11.5 Å². The maximum Gasteiger partial charge on any atom is 0.296 e. The van der Waals surface area contributed by atoms with Gasteiger partial charge in [0.2, 0.25) is 5.76 Å². The molecule has 38 heavy (non-hydrogen) atoms. The van der Waals surface area contributed by atoms with E-state index >= 15 is 0 Å². The fourth-order valence-electron chi connectivity index (χ4n) is 4.72. The van der Waals surface area contributed by atoms with Gasteiger partial charge in [-0.15, -0.1) is 0 Å². The number of rotatable bonds is 9. The Hall–Kier alpha value is -4.20. The van der Waals surface area contributed by atoms with E-state index in [1.54, 1.807) is 30.5 Å². The van der Waals surface area contributed by atoms with E-state index in [4.69, 9.17) is 13.9 Å². The molecule has 1 unspecified atom stereocenters. The number of pyridine rings is 1. The normalized spacial score (nSPS) is 14.7. The molecule has 5 rings (SSSR count). The Bertz CT molecular complexity index is 1550. The smallest absolute Gasteiger partial charge is 0.296 e. The number of halogens is 1. The van der Waals surface area contributed by atoms with Crippen LogP contribution < -0.4 is 19.8 Å². The summed E-state index contributed by atoms with van der Waals surface area (Å²) in [7, 11) is 0. The number of unbranched alkanes of at least 4 members (excludes halogenated alkanes) is 2. The van der Waals surface area contributed by atoms with Crippen molar-refractivity contribution >= 4 is 22.7 Å². The van der Waals surface area contributed by atoms with Gasteiger partial charge < -0.3 is 13.9 Å². The minimum atomic E-state index is -0.857. The van der Waals surface area contributed by atoms with Gasteiger partial charge in [-0.1, -0.05) is 31.9 Å². The Morgan fingerprint density at radius 1 is 1.00 bits per heavy atom. The third-order valence-electron chi connectivity index (χ3n) is 6.56. The standard InChI is InChI=1S/C30H29FN2O5/c1-4-6-7-14-37-23-11-9-19(15-24(23)36-5-2)27-26-28(34)21-16-20(31)10-12-22(21)38-29(26)30(35)33(27)25-13-8-18(3)17-32-25/h8-13,15-17,27H,4-7,14H2,1-3H3. The van der Waals surface area contributed by atoms with Crippen LogP contribution in [0, 0.1) is 12.7 Å². The molecule has 1 atom stereocenters. The summed E-state index contributed by atoms with van der Waals surface area (Å²) < 4.78 is 31.9. The number of amides is 1. The van der Waals surface area contributed by atoms with Gasteiger partial charge in [0, 0.05) is 6.20 Å². The number of aryl methyl sites for hydroxylation is 1. The van der Waals surface area contributed by atoms with Crippen molar-refractivity contribution in [3.63, 3.8) is 0 Å². The fourth-order valence-corrected chi connectivity index (χ4v) is 4.72. The van der Waals surface area contributed by atoms with Crippen LogP contribution in [0.25, 0.3) is 11.0 Å². The van der Waals surface area contributed by atoms with Gasteiger partial charge in [0.05, 0.1) is 30.2 Å². The maximum absolute atomic E-state index is 14.1. The number of fused-ring (bicyclic) bond motifs is 2. The van der Waals surface area contributed by atoms with Gasteiger partial charge in [0.1, 0.15) is 17.2 Å². The van der Waals surface area contributed by atoms with Gasteiger partial charge in [0.15, 0.2) is 16.9 Å². The lowest BCUT2D eigenvalue weighted by Crippen LogP contribution is -2.30. The zero-order valence-corrected chi connectivity index (χ0v) is 21.6. The quantitative estimate of drug-likeness (QED) is 0.241. The van der Waals surface area contributed by atoms with E-state index in [-0.39, 0.29) is 22.3 Å². The van der Waals surface area contributed by atoms with Crippen molar-refractivity contribution in [2.45, 2.75) is 46.1 Å². The molecule has 1 aliphatic rings. The summed E-state index contributed by atoms with van der Waals surface area (Å²) in [5.41, 5.74) is 1.35. The Morgan fingerprint density at radius 2 is 1.84 bits per heavy atom. The van der Waals surface area contributed by atoms with E-state index in [0.29, 0.717) is 36.1 Å². The SMILES string of the molecule is CCCCCOc1ccc(C2c3c(oc4ccc(F)cc4c3=O)C(=O)N2c2ccc(C)cn2)cc1OCC. The molecule has 0 aliphatic carbocycles. The molecule has 1 amide bonds. The van der Waals surface area contributed by atoms with Crippen LogP contribution in [0.5, 0.6) is 11.5 Å². The number of anilines is 1. The highest BCUT2D eigenvalue weighted by atomic mass is 19.1. The highest BCUT2D eigenvalue weighted by Gasteiger charge is 2.44. The molecule has 0 saturated heterocycles. The lowest BCUT2D eigenvalue weighted by molar-refractivity contribution is 0.0970. The summed E-state index contributed by atoms with van der Waals surface area (Å²) in [4.78, 5) is 33.4. The second-order valence-electron chi connectivity index (χ2n) is 9.28. The number of carbonyl (C=O) groups is 1. The van der Waals surface area contributed by atoms with Crippen LogP contribution in [-0.4, -0.2) is 24.1 Å². The number of hydrogen-bond acceptors (Lipinski definition) is 6. The van der Waals surface area contributed by atoms with E-state index < -0.39 is 23.2 Å². The predicted molar refractivity (Wildman–Crippen MR) is 143 cm³/mol. The molecule has 2 aromatic heterocycles. The van der Waals surface area contributed by atoms with Crippen LogP contribution in [0.1, 0.15) is 66.4 Å². The maximum atomic E-state index is 14.1. The summed E-state index contributed by atoms with van der Waals surface area (Å²) in [5.74, 6) is 0.316. The molecule has 0 bridgehead atoms. The van der Waals surface area contributed by atoms with Crippen molar-refractivity contribution in [1.82, 2.24) is 4.98 Å². The third kappa shape index (κ3) is 4.62. The molecule has 2 aromatic carbocycles. The van der Waals surface area contributed by atoms with E-state index in [1.807, 2.05) is 19.9 Å². The first kappa shape index (κ1) is 25.4. The van der Waals surface area contributed by atoms with E-state index in [2.05, 4.69) is 11.9 Å². The van der Waals surface area contributed by atoms with Crippen LogP contribution >= 0.6 is 0 Å². The van der Waals surface area contributed by atoms with Gasteiger partial charge in [-0.3, -0.25) is 14.5 Å². The molecule has 196 valence electrons. The largest absolute Gasteiger partial charge is 0.490 e. The van der Waals surface area contributed by atoms with E-state index in [0.717, 1.165) is 30.9 Å². The second kappa shape index (κ2) is 10.7. The summed E-state index contributed by atoms with van der Waals surface area (Å²) in [5, 5.41) is 0.0705. The summed E-state index contributed by atoms with van der Waals surface area (Å²) in [6.45, 7) is 6.86. The van der Waals surface area contributed by atoms with Crippen LogP contribution in [-0.2, 0) is 0 Å². The van der Waals surface area contributed by atoms with E-state index in [1.165, 1.54) is 17.0 Å². The molecule has 8 heteroatoms. The van der Waals surface area contributed by atoms with Crippen LogP contribution in [0.4, 0.5) is 10.2 Å². The van der Waals surface area contributed by atoms with Crippen molar-refractivity contribution in [2.24, 2.45) is 0 Å². The Morgan fingerprint density at radius 3 is 2.58 bits per heavy atom. The van der Waals surface area contributed by atoms with Crippen LogP contribution in [0.15, 0.2) is 63.9 Å². The molecule has 0 spiro atoms. The molecule has 0 saturated carbocycles. The Kier molecular flexibility index (Phi) is 7.13. The summed E-state index contributed by atoms with van der Waals surface area (Å²) >= 11 is 0. The molecular weight excluding hydrogens is 487 g/mol. The number of hydrogen-bond donors (Lipinski definition) is 0. The molecule has 4 aromatic rings.